The zero-order chi connectivity index (χ0) is 66.0. The van der Waals surface area contributed by atoms with Crippen molar-refractivity contribution < 1.29 is 58.5 Å². The summed E-state index contributed by atoms with van der Waals surface area (Å²) in [4.78, 5) is 137. The molecule has 490 valence electrons. The monoisotopic (exact) mass is 1270 g/mol. The predicted molar refractivity (Wildman–Crippen MR) is 344 cm³/mol. The topological polar surface area (TPSA) is 459 Å². The lowest BCUT2D eigenvalue weighted by Crippen LogP contribution is -2.62. The van der Waals surface area contributed by atoms with Crippen molar-refractivity contribution in [3.8, 4) is 5.75 Å². The molecule has 2 heterocycles. The van der Waals surface area contributed by atoms with E-state index in [9.17, 15) is 58.5 Å². The van der Waals surface area contributed by atoms with Crippen LogP contribution in [0.2, 0.25) is 0 Å². The van der Waals surface area contributed by atoms with E-state index in [2.05, 4.69) is 57.5 Å². The number of carboxylic acids is 1. The van der Waals surface area contributed by atoms with Gasteiger partial charge in [-0.3, -0.25) is 43.3 Å². The van der Waals surface area contributed by atoms with Crippen LogP contribution in [0, 0.1) is 11.8 Å². The van der Waals surface area contributed by atoms with Crippen LogP contribution in [0.1, 0.15) is 89.3 Å². The summed E-state index contributed by atoms with van der Waals surface area (Å²) >= 11 is 1.40. The number of aromatic hydroxyl groups is 1. The maximum Gasteiger partial charge on any atom is 0.326 e. The van der Waals surface area contributed by atoms with Gasteiger partial charge < -0.3 is 90.8 Å². The number of aliphatic hydroxyl groups is 1. The van der Waals surface area contributed by atoms with Gasteiger partial charge in [0.2, 0.25) is 47.3 Å². The smallest absolute Gasteiger partial charge is 0.326 e. The SMILES string of the molecule is CC[C@H](C)[C@H](NC(=O)[C@H](CCCCN)NC(=O)[C@H](CO)NC(=O)[C@@H](NC(=O)[C@H](CCSC)NC(=O)[C@H](Cc1c[nH]c2ccccc12)NC(=O)[C@@H](N)CCCN=C(N)N)C(C)C)C(=O)N[C@@H](Cc1c[nH]c2ccccc12)C(=O)N[C@@H](Cc1ccc(O)cc1)C(=O)O. The number of aliphatic imine (C=N–C) groups is 1. The first kappa shape index (κ1) is 72.0. The summed E-state index contributed by atoms with van der Waals surface area (Å²) in [5.41, 5.74) is 26.3. The number of guanidine groups is 1. The fourth-order valence-electron chi connectivity index (χ4n) is 10.0. The number of unbranched alkanes of at least 4 members (excludes halogenated alkanes) is 1. The van der Waals surface area contributed by atoms with E-state index in [1.807, 2.05) is 42.5 Å². The molecule has 27 nitrogen and oxygen atoms in total. The molecule has 0 saturated carbocycles. The standard InChI is InChI=1S/C62H89N15O12S/c1-6-35(4)52(60(87)73-48(30-38-32-69-44-18-10-8-15-41(38)44)57(84)74-49(61(88)89)28-36-20-22-39(79)23-21-36)77-54(81)45(19-11-12-25-63)70-58(85)50(33-78)75-59(86)51(34(2)3)76-55(82)46(24-27-90-5)71-56(83)47(29-37-31-68-43-17-9-7-14-40(37)43)72-53(80)42(64)16-13-26-67-62(65)66/h7-10,14-15,17-18,20-23,31-32,34-35,42,45-52,68-69,78-79H,6,11-13,16,19,24-30,33,63-64H2,1-5H3,(H,70,85)(H,71,83)(H,72,80)(H,73,87)(H,74,84)(H,75,86)(H,76,82)(H,77,81)(H,88,89)(H4,65,66,67)/t35-,42-,45-,46-,47-,48-,49-,50-,51-,52-/m0/s1. The Morgan fingerprint density at radius 3 is 1.56 bits per heavy atom. The number of carboxylic acid groups (broad SMARTS) is 1. The molecular weight excluding hydrogens is 1180 g/mol. The second-order valence-electron chi connectivity index (χ2n) is 22.6. The summed E-state index contributed by atoms with van der Waals surface area (Å²) in [5, 5.41) is 53.6. The average Bonchev–Trinajstić information content (AvgIpc) is 2.79. The number of aromatic amines is 2. The summed E-state index contributed by atoms with van der Waals surface area (Å²) in [6, 6.07) is 8.41. The van der Waals surface area contributed by atoms with E-state index in [4.69, 9.17) is 22.9 Å². The van der Waals surface area contributed by atoms with Gasteiger partial charge in [0.15, 0.2) is 5.96 Å². The van der Waals surface area contributed by atoms with Crippen LogP contribution in [0.4, 0.5) is 0 Å². The number of aliphatic hydroxyl groups excluding tert-OH is 1. The highest BCUT2D eigenvalue weighted by Crippen LogP contribution is 2.22. The number of hydrogen-bond acceptors (Lipinski definition) is 15. The van der Waals surface area contributed by atoms with Crippen LogP contribution in [-0.4, -0.2) is 171 Å². The summed E-state index contributed by atoms with van der Waals surface area (Å²) in [7, 11) is 0. The molecule has 0 fully saturated rings. The highest BCUT2D eigenvalue weighted by atomic mass is 32.2. The number of aromatic nitrogens is 2. The first-order valence-electron chi connectivity index (χ1n) is 30.1. The Morgan fingerprint density at radius 1 is 0.567 bits per heavy atom. The third-order valence-electron chi connectivity index (χ3n) is 15.4. The Bertz CT molecular complexity index is 3240. The third kappa shape index (κ3) is 21.8. The van der Waals surface area contributed by atoms with Crippen molar-refractivity contribution in [2.45, 2.75) is 146 Å². The lowest BCUT2D eigenvalue weighted by molar-refractivity contribution is -0.142. The Morgan fingerprint density at radius 2 is 1.04 bits per heavy atom. The number of hydrogen-bond donors (Lipinski definition) is 17. The van der Waals surface area contributed by atoms with Crippen LogP contribution >= 0.6 is 11.8 Å². The van der Waals surface area contributed by atoms with Gasteiger partial charge in [-0.2, -0.15) is 11.8 Å². The number of rotatable bonds is 38. The molecule has 10 atom stereocenters. The minimum atomic E-state index is -1.68. The number of nitrogens with one attached hydrogen (secondary N) is 10. The summed E-state index contributed by atoms with van der Waals surface area (Å²) in [5.74, 6) is -8.76. The molecule has 90 heavy (non-hydrogen) atoms. The van der Waals surface area contributed by atoms with E-state index in [0.717, 1.165) is 21.8 Å². The van der Waals surface area contributed by atoms with Gasteiger partial charge in [-0.25, -0.2) is 4.79 Å². The van der Waals surface area contributed by atoms with E-state index in [1.165, 1.54) is 36.0 Å². The quantitative estimate of drug-likeness (QED) is 0.0144. The number of para-hydroxylation sites is 2. The zero-order valence-electron chi connectivity index (χ0n) is 51.5. The number of fused-ring (bicyclic) bond motifs is 2. The van der Waals surface area contributed by atoms with Gasteiger partial charge in [-0.05, 0) is 110 Å². The lowest BCUT2D eigenvalue weighted by Gasteiger charge is -2.30. The molecule has 0 bridgehead atoms. The minimum absolute atomic E-state index is 0.000873. The van der Waals surface area contributed by atoms with Gasteiger partial charge in [0.25, 0.3) is 0 Å². The van der Waals surface area contributed by atoms with Crippen molar-refractivity contribution in [2.75, 3.05) is 31.7 Å². The molecule has 0 saturated heterocycles. The second-order valence-corrected chi connectivity index (χ2v) is 23.6. The number of phenolic OH excluding ortho intramolecular Hbond substituents is 1. The van der Waals surface area contributed by atoms with Gasteiger partial charge in [-0.1, -0.05) is 82.6 Å². The molecule has 0 aliphatic rings. The van der Waals surface area contributed by atoms with Crippen molar-refractivity contribution in [2.24, 2.45) is 39.8 Å². The largest absolute Gasteiger partial charge is 0.508 e. The average molecular weight is 1270 g/mol. The normalized spacial score (nSPS) is 14.7. The highest BCUT2D eigenvalue weighted by molar-refractivity contribution is 7.98. The number of nitrogens with zero attached hydrogens (tertiary/aromatic N) is 1. The number of nitrogens with two attached hydrogens (primary N) is 4. The summed E-state index contributed by atoms with van der Waals surface area (Å²) < 4.78 is 0. The fraction of sp³-hybridized carbons (Fsp3) is 0.484. The number of carbonyl (C=O) groups excluding carboxylic acids is 8. The number of H-pyrrole nitrogens is 2. The first-order chi connectivity index (χ1) is 43.0. The van der Waals surface area contributed by atoms with Crippen LogP contribution in [0.25, 0.3) is 21.8 Å². The van der Waals surface area contributed by atoms with Gasteiger partial charge in [0.1, 0.15) is 54.1 Å². The van der Waals surface area contributed by atoms with Crippen LogP contribution in [-0.2, 0) is 62.4 Å². The zero-order valence-corrected chi connectivity index (χ0v) is 52.3. The van der Waals surface area contributed by atoms with Crippen molar-refractivity contribution in [3.05, 3.63) is 102 Å². The van der Waals surface area contributed by atoms with Gasteiger partial charge >= 0.3 is 5.97 Å². The fourth-order valence-corrected chi connectivity index (χ4v) is 10.5. The molecule has 2 aromatic heterocycles. The molecular formula is C62H89N15O12S. The molecule has 8 amide bonds. The van der Waals surface area contributed by atoms with Crippen LogP contribution in [0.15, 0.2) is 90.2 Å². The number of carbonyl (C=O) groups is 9. The molecule has 0 aliphatic heterocycles. The summed E-state index contributed by atoms with van der Waals surface area (Å²) in [6.07, 6.45) is 6.67. The Kier molecular flexibility index (Phi) is 28.9. The van der Waals surface area contributed by atoms with E-state index in [1.54, 1.807) is 52.4 Å². The van der Waals surface area contributed by atoms with E-state index < -0.39 is 126 Å². The van der Waals surface area contributed by atoms with E-state index >= 15 is 0 Å². The van der Waals surface area contributed by atoms with Crippen molar-refractivity contribution in [1.29, 1.82) is 0 Å². The number of amides is 8. The van der Waals surface area contributed by atoms with Crippen LogP contribution in [0.5, 0.6) is 5.75 Å². The van der Waals surface area contributed by atoms with Crippen LogP contribution < -0.4 is 65.5 Å². The predicted octanol–water partition coefficient (Wildman–Crippen LogP) is 0.303. The number of aliphatic carboxylic acids is 1. The van der Waals surface area contributed by atoms with Crippen molar-refractivity contribution >= 4 is 92.8 Å². The van der Waals surface area contributed by atoms with Crippen LogP contribution in [0.3, 0.4) is 0 Å². The van der Waals surface area contributed by atoms with Crippen molar-refractivity contribution in [3.63, 3.8) is 0 Å². The van der Waals surface area contributed by atoms with Gasteiger partial charge in [-0.15, -0.1) is 0 Å². The molecule has 0 unspecified atom stereocenters. The van der Waals surface area contributed by atoms with Crippen molar-refractivity contribution in [1.82, 2.24) is 52.5 Å². The molecule has 0 spiro atoms. The number of phenols is 1. The molecule has 21 N–H and O–H groups in total. The molecule has 0 aliphatic carbocycles. The molecule has 5 aromatic rings. The minimum Gasteiger partial charge on any atom is -0.508 e. The highest BCUT2D eigenvalue weighted by Gasteiger charge is 2.37. The number of thioether (sulfide) groups is 1. The van der Waals surface area contributed by atoms with E-state index in [-0.39, 0.29) is 63.3 Å². The molecule has 28 heteroatoms. The maximum absolute atomic E-state index is 14.6. The Balaban J connectivity index is 1.32. The Labute approximate surface area is 527 Å². The second kappa shape index (κ2) is 36.1. The molecule has 5 rings (SSSR count). The third-order valence-corrected chi connectivity index (χ3v) is 16.1. The molecule has 0 radical (unpaired) electrons. The summed E-state index contributed by atoms with van der Waals surface area (Å²) in [6.45, 7) is 6.24. The lowest BCUT2D eigenvalue weighted by atomic mass is 9.96. The maximum atomic E-state index is 14.6. The van der Waals surface area contributed by atoms with Gasteiger partial charge in [0, 0.05) is 60.0 Å². The molecule has 3 aromatic carbocycles. The van der Waals surface area contributed by atoms with E-state index in [0.29, 0.717) is 48.1 Å². The number of benzene rings is 3. The van der Waals surface area contributed by atoms with Gasteiger partial charge in [0.05, 0.1) is 12.6 Å². The Hall–Kier alpha value is -8.73. The first-order valence-corrected chi connectivity index (χ1v) is 31.5.